The van der Waals surface area contributed by atoms with Crippen LogP contribution in [-0.4, -0.2) is 24.1 Å². The van der Waals surface area contributed by atoms with Gasteiger partial charge in [-0.05, 0) is 37.0 Å². The first-order valence-electron chi connectivity index (χ1n) is 8.21. The van der Waals surface area contributed by atoms with Crippen molar-refractivity contribution in [1.82, 2.24) is 0 Å². The van der Waals surface area contributed by atoms with E-state index in [9.17, 15) is 9.59 Å². The van der Waals surface area contributed by atoms with Crippen molar-refractivity contribution in [2.24, 2.45) is 29.1 Å². The fraction of sp³-hybridized carbons (Fsp3) is 0.882. The van der Waals surface area contributed by atoms with Gasteiger partial charge in [-0.15, -0.1) is 0 Å². The second-order valence-corrected chi connectivity index (χ2v) is 7.62. The van der Waals surface area contributed by atoms with Crippen molar-refractivity contribution < 1.29 is 19.1 Å². The Hall–Kier alpha value is -1.06. The van der Waals surface area contributed by atoms with E-state index in [0.717, 1.165) is 25.7 Å². The third-order valence-electron chi connectivity index (χ3n) is 6.37. The van der Waals surface area contributed by atoms with Crippen LogP contribution < -0.4 is 0 Å². The van der Waals surface area contributed by atoms with Crippen molar-refractivity contribution in [2.75, 3.05) is 0 Å². The van der Waals surface area contributed by atoms with E-state index in [1.54, 1.807) is 0 Å². The molecule has 0 N–H and O–H groups in total. The normalized spacial score (nSPS) is 49.0. The first-order valence-corrected chi connectivity index (χ1v) is 8.21. The minimum atomic E-state index is -0.209. The van der Waals surface area contributed by atoms with Crippen molar-refractivity contribution in [1.29, 1.82) is 0 Å². The van der Waals surface area contributed by atoms with Crippen LogP contribution in [-0.2, 0) is 19.1 Å². The summed E-state index contributed by atoms with van der Waals surface area (Å²) in [6.07, 6.45) is 4.18. The monoisotopic (exact) mass is 294 g/mol. The van der Waals surface area contributed by atoms with Gasteiger partial charge < -0.3 is 9.47 Å². The van der Waals surface area contributed by atoms with E-state index in [0.29, 0.717) is 11.8 Å². The molecule has 4 heteroatoms. The molecule has 2 saturated carbocycles. The first-order chi connectivity index (χ1) is 9.83. The van der Waals surface area contributed by atoms with Crippen LogP contribution in [0.4, 0.5) is 0 Å². The zero-order valence-corrected chi connectivity index (χ0v) is 13.4. The maximum absolute atomic E-state index is 12.0. The van der Waals surface area contributed by atoms with Crippen molar-refractivity contribution in [2.45, 2.75) is 65.6 Å². The quantitative estimate of drug-likeness (QED) is 0.698. The van der Waals surface area contributed by atoms with Crippen LogP contribution in [0.2, 0.25) is 0 Å². The van der Waals surface area contributed by atoms with Crippen molar-refractivity contribution >= 4 is 11.9 Å². The molecule has 0 unspecified atom stereocenters. The number of carbonyl (C=O) groups is 2. The molecule has 0 aromatic rings. The molecule has 118 valence electrons. The summed E-state index contributed by atoms with van der Waals surface area (Å²) >= 11 is 0. The van der Waals surface area contributed by atoms with E-state index >= 15 is 0 Å². The van der Waals surface area contributed by atoms with Crippen LogP contribution in [0.5, 0.6) is 0 Å². The number of esters is 2. The van der Waals surface area contributed by atoms with Gasteiger partial charge in [0, 0.05) is 18.8 Å². The molecule has 2 aliphatic carbocycles. The van der Waals surface area contributed by atoms with Crippen LogP contribution >= 0.6 is 0 Å². The highest BCUT2D eigenvalue weighted by Crippen LogP contribution is 2.58. The van der Waals surface area contributed by atoms with Crippen LogP contribution in [0.3, 0.4) is 0 Å². The van der Waals surface area contributed by atoms with Gasteiger partial charge in [0.05, 0.1) is 5.92 Å². The number of carbonyl (C=O) groups excluding carboxylic acids is 2. The Morgan fingerprint density at radius 1 is 1.29 bits per heavy atom. The number of hydrogen-bond donors (Lipinski definition) is 0. The molecule has 1 saturated heterocycles. The van der Waals surface area contributed by atoms with Gasteiger partial charge in [0.15, 0.2) is 0 Å². The molecule has 7 atom stereocenters. The summed E-state index contributed by atoms with van der Waals surface area (Å²) in [6.45, 7) is 7.95. The largest absolute Gasteiger partial charge is 0.462 e. The fourth-order valence-electron chi connectivity index (χ4n) is 5.17. The van der Waals surface area contributed by atoms with Gasteiger partial charge in [-0.1, -0.05) is 20.8 Å². The van der Waals surface area contributed by atoms with E-state index in [1.165, 1.54) is 6.92 Å². The first kappa shape index (κ1) is 14.9. The number of ether oxygens (including phenoxy) is 2. The smallest absolute Gasteiger partial charge is 0.309 e. The van der Waals surface area contributed by atoms with Gasteiger partial charge in [0.2, 0.25) is 0 Å². The molecular weight excluding hydrogens is 268 g/mol. The summed E-state index contributed by atoms with van der Waals surface area (Å²) in [5.74, 6) is 0.660. The Labute approximate surface area is 126 Å². The summed E-state index contributed by atoms with van der Waals surface area (Å²) in [6, 6.07) is 0. The van der Waals surface area contributed by atoms with Crippen LogP contribution in [0.25, 0.3) is 0 Å². The molecule has 3 fully saturated rings. The third-order valence-corrected chi connectivity index (χ3v) is 6.37. The predicted molar refractivity (Wildman–Crippen MR) is 77.3 cm³/mol. The standard InChI is InChI=1S/C17H26O4/c1-9-12-5-7-17(4)8-6-13(20-11(3)18)10(2)14(17)15(12)21-16(9)19/h9-10,12-15H,5-8H2,1-4H3/t9-,10+,12-,13+,14-,15-,17-/m0/s1. The van der Waals surface area contributed by atoms with Gasteiger partial charge >= 0.3 is 11.9 Å². The molecule has 0 bridgehead atoms. The van der Waals surface area contributed by atoms with E-state index in [2.05, 4.69) is 13.8 Å². The fourth-order valence-corrected chi connectivity index (χ4v) is 5.17. The summed E-state index contributed by atoms with van der Waals surface area (Å²) < 4.78 is 11.3. The molecule has 0 aromatic heterocycles. The molecule has 0 spiro atoms. The molecule has 1 aliphatic heterocycles. The van der Waals surface area contributed by atoms with Crippen molar-refractivity contribution in [3.63, 3.8) is 0 Å². The van der Waals surface area contributed by atoms with Gasteiger partial charge in [-0.2, -0.15) is 0 Å². The van der Waals surface area contributed by atoms with Crippen molar-refractivity contribution in [3.8, 4) is 0 Å². The second-order valence-electron chi connectivity index (χ2n) is 7.62. The lowest BCUT2D eigenvalue weighted by Crippen LogP contribution is -2.54. The Bertz CT molecular complexity index is 460. The van der Waals surface area contributed by atoms with Crippen LogP contribution in [0.15, 0.2) is 0 Å². The topological polar surface area (TPSA) is 52.6 Å². The average Bonchev–Trinajstić information content (AvgIpc) is 2.68. The lowest BCUT2D eigenvalue weighted by molar-refractivity contribution is -0.173. The van der Waals surface area contributed by atoms with E-state index in [-0.39, 0.29) is 41.4 Å². The molecule has 4 nitrogen and oxygen atoms in total. The number of hydrogen-bond acceptors (Lipinski definition) is 4. The summed E-state index contributed by atoms with van der Waals surface area (Å²) in [5, 5.41) is 0. The molecule has 21 heavy (non-hydrogen) atoms. The molecule has 3 aliphatic rings. The zero-order valence-electron chi connectivity index (χ0n) is 13.4. The number of rotatable bonds is 1. The summed E-state index contributed by atoms with van der Waals surface area (Å²) in [4.78, 5) is 23.3. The highest BCUT2D eigenvalue weighted by Gasteiger charge is 2.58. The van der Waals surface area contributed by atoms with Gasteiger partial charge in [-0.3, -0.25) is 9.59 Å². The van der Waals surface area contributed by atoms with E-state index < -0.39 is 0 Å². The Balaban J connectivity index is 1.87. The Kier molecular flexibility index (Phi) is 3.53. The van der Waals surface area contributed by atoms with Gasteiger partial charge in [-0.25, -0.2) is 0 Å². The lowest BCUT2D eigenvalue weighted by atomic mass is 9.52. The summed E-state index contributed by atoms with van der Waals surface area (Å²) in [7, 11) is 0. The van der Waals surface area contributed by atoms with E-state index in [4.69, 9.17) is 9.47 Å². The molecule has 3 rings (SSSR count). The SMILES string of the molecule is CC(=O)O[C@@H]1CC[C@]2(C)CC[C@@H]3[C@H](OC(=O)[C@H]3C)[C@@H]2[C@@H]1C. The Morgan fingerprint density at radius 2 is 1.95 bits per heavy atom. The highest BCUT2D eigenvalue weighted by molar-refractivity contribution is 5.75. The molecule has 0 amide bonds. The maximum Gasteiger partial charge on any atom is 0.309 e. The minimum absolute atomic E-state index is 0.0135. The third kappa shape index (κ3) is 2.27. The molecule has 0 radical (unpaired) electrons. The number of fused-ring (bicyclic) bond motifs is 3. The van der Waals surface area contributed by atoms with Gasteiger partial charge in [0.1, 0.15) is 12.2 Å². The average molecular weight is 294 g/mol. The predicted octanol–water partition coefficient (Wildman–Crippen LogP) is 2.94. The summed E-state index contributed by atoms with van der Waals surface area (Å²) in [5.41, 5.74) is 0.210. The molecule has 0 aromatic carbocycles. The minimum Gasteiger partial charge on any atom is -0.462 e. The van der Waals surface area contributed by atoms with Gasteiger partial charge in [0.25, 0.3) is 0 Å². The zero-order chi connectivity index (χ0) is 15.4. The molecular formula is C17H26O4. The van der Waals surface area contributed by atoms with Crippen molar-refractivity contribution in [3.05, 3.63) is 0 Å². The lowest BCUT2D eigenvalue weighted by Gasteiger charge is -2.54. The van der Waals surface area contributed by atoms with Crippen LogP contribution in [0, 0.1) is 29.1 Å². The second kappa shape index (κ2) is 4.99. The highest BCUT2D eigenvalue weighted by atomic mass is 16.6. The Morgan fingerprint density at radius 3 is 2.62 bits per heavy atom. The maximum atomic E-state index is 12.0. The molecule has 1 heterocycles. The van der Waals surface area contributed by atoms with E-state index in [1.807, 2.05) is 6.92 Å². The van der Waals surface area contributed by atoms with Crippen LogP contribution in [0.1, 0.15) is 53.4 Å².